The predicted octanol–water partition coefficient (Wildman–Crippen LogP) is 5.48. The molecule has 0 saturated carbocycles. The van der Waals surface area contributed by atoms with E-state index in [0.29, 0.717) is 0 Å². The summed E-state index contributed by atoms with van der Waals surface area (Å²) in [7, 11) is 1.69. The molecule has 0 saturated heterocycles. The molecule has 108 valence electrons. The molecule has 0 bridgehead atoms. The zero-order valence-electron chi connectivity index (χ0n) is 11.3. The van der Waals surface area contributed by atoms with E-state index in [-0.39, 0.29) is 6.04 Å². The quantitative estimate of drug-likeness (QED) is 0.601. The summed E-state index contributed by atoms with van der Waals surface area (Å²) in [6.07, 6.45) is 0. The Morgan fingerprint density at radius 3 is 2.43 bits per heavy atom. The molecule has 1 aromatic heterocycles. The molecule has 3 aromatic rings. The summed E-state index contributed by atoms with van der Waals surface area (Å²) in [4.78, 5) is 1.11. The van der Waals surface area contributed by atoms with Gasteiger partial charge in [0.05, 0.1) is 16.9 Å². The van der Waals surface area contributed by atoms with E-state index in [2.05, 4.69) is 50.1 Å². The van der Waals surface area contributed by atoms with Crippen LogP contribution in [0.5, 0.6) is 5.75 Å². The first kappa shape index (κ1) is 15.0. The van der Waals surface area contributed by atoms with Gasteiger partial charge in [0.1, 0.15) is 5.75 Å². The summed E-state index contributed by atoms with van der Waals surface area (Å²) in [5, 5.41) is 2.22. The highest BCUT2D eigenvalue weighted by atomic mass is 79.9. The first-order valence-electron chi connectivity index (χ1n) is 6.37. The Bertz CT molecular complexity index is 781. The van der Waals surface area contributed by atoms with E-state index in [9.17, 15) is 0 Å². The van der Waals surface area contributed by atoms with Gasteiger partial charge in [-0.15, -0.1) is 11.3 Å². The van der Waals surface area contributed by atoms with Crippen molar-refractivity contribution in [3.05, 3.63) is 61.2 Å². The summed E-state index contributed by atoms with van der Waals surface area (Å²) >= 11 is 8.69. The smallest absolute Gasteiger partial charge is 0.126 e. The largest absolute Gasteiger partial charge is 0.496 e. The van der Waals surface area contributed by atoms with Crippen molar-refractivity contribution in [2.24, 2.45) is 5.73 Å². The molecule has 5 heteroatoms. The zero-order valence-corrected chi connectivity index (χ0v) is 15.3. The Hall–Kier alpha value is -0.880. The van der Waals surface area contributed by atoms with Gasteiger partial charge in [-0.3, -0.25) is 0 Å². The number of halogens is 2. The van der Waals surface area contributed by atoms with Crippen LogP contribution < -0.4 is 10.5 Å². The monoisotopic (exact) mass is 425 g/mol. The van der Waals surface area contributed by atoms with Gasteiger partial charge in [-0.25, -0.2) is 0 Å². The van der Waals surface area contributed by atoms with Gasteiger partial charge in [0.2, 0.25) is 0 Å². The van der Waals surface area contributed by atoms with Crippen LogP contribution >= 0.6 is 43.2 Å². The van der Waals surface area contributed by atoms with Crippen LogP contribution in [-0.4, -0.2) is 7.11 Å². The number of benzene rings is 2. The Labute approximate surface area is 144 Å². The standard InChI is InChI=1S/C16H13Br2NOS/c1-20-13-7-6-11(9-4-2-3-5-10(9)13)15(19)14-8-12(17)16(18)21-14/h2-8,15H,19H2,1H3. The molecule has 3 rings (SSSR count). The second-order valence-electron chi connectivity index (χ2n) is 4.65. The van der Waals surface area contributed by atoms with Crippen LogP contribution in [0.25, 0.3) is 10.8 Å². The van der Waals surface area contributed by atoms with Crippen molar-refractivity contribution in [3.63, 3.8) is 0 Å². The lowest BCUT2D eigenvalue weighted by atomic mass is 9.97. The predicted molar refractivity (Wildman–Crippen MR) is 96.2 cm³/mol. The summed E-state index contributed by atoms with van der Waals surface area (Å²) in [5.74, 6) is 0.870. The highest BCUT2D eigenvalue weighted by Gasteiger charge is 2.17. The minimum atomic E-state index is -0.159. The minimum absolute atomic E-state index is 0.159. The Morgan fingerprint density at radius 1 is 1.10 bits per heavy atom. The van der Waals surface area contributed by atoms with Crippen LogP contribution in [0.3, 0.4) is 0 Å². The fraction of sp³-hybridized carbons (Fsp3) is 0.125. The SMILES string of the molecule is COc1ccc(C(N)c2cc(Br)c(Br)s2)c2ccccc12. The highest BCUT2D eigenvalue weighted by molar-refractivity contribution is 9.13. The van der Waals surface area contributed by atoms with Crippen LogP contribution in [0.1, 0.15) is 16.5 Å². The summed E-state index contributed by atoms with van der Waals surface area (Å²) in [5.41, 5.74) is 7.59. The van der Waals surface area contributed by atoms with Crippen LogP contribution in [0, 0.1) is 0 Å². The fourth-order valence-electron chi connectivity index (χ4n) is 2.41. The van der Waals surface area contributed by atoms with Gasteiger partial charge in [0, 0.05) is 14.7 Å². The van der Waals surface area contributed by atoms with Gasteiger partial charge in [-0.1, -0.05) is 30.3 Å². The third-order valence-electron chi connectivity index (χ3n) is 3.44. The molecule has 0 fully saturated rings. The number of rotatable bonds is 3. The van der Waals surface area contributed by atoms with Crippen molar-refractivity contribution in [2.75, 3.05) is 7.11 Å². The first-order chi connectivity index (χ1) is 10.1. The minimum Gasteiger partial charge on any atom is -0.496 e. The number of hydrogen-bond acceptors (Lipinski definition) is 3. The number of thiophene rings is 1. The van der Waals surface area contributed by atoms with Crippen molar-refractivity contribution in [2.45, 2.75) is 6.04 Å². The lowest BCUT2D eigenvalue weighted by Gasteiger charge is -2.15. The molecule has 1 heterocycles. The van der Waals surface area contributed by atoms with Gasteiger partial charge in [0.25, 0.3) is 0 Å². The average molecular weight is 427 g/mol. The van der Waals surface area contributed by atoms with Crippen LogP contribution in [0.15, 0.2) is 50.7 Å². The van der Waals surface area contributed by atoms with Gasteiger partial charge >= 0.3 is 0 Å². The molecule has 0 aliphatic rings. The molecule has 0 radical (unpaired) electrons. The Kier molecular flexibility index (Phi) is 4.36. The highest BCUT2D eigenvalue weighted by Crippen LogP contribution is 2.39. The lowest BCUT2D eigenvalue weighted by Crippen LogP contribution is -2.10. The number of methoxy groups -OCH3 is 1. The molecule has 2 aromatic carbocycles. The molecule has 2 nitrogen and oxygen atoms in total. The van der Waals surface area contributed by atoms with Crippen molar-refractivity contribution in [1.82, 2.24) is 0 Å². The van der Waals surface area contributed by atoms with E-state index in [0.717, 1.165) is 35.2 Å². The average Bonchev–Trinajstić information content (AvgIpc) is 2.85. The van der Waals surface area contributed by atoms with Gasteiger partial charge in [-0.05, 0) is 54.9 Å². The van der Waals surface area contributed by atoms with E-state index in [1.807, 2.05) is 24.3 Å². The molecule has 1 unspecified atom stereocenters. The summed E-state index contributed by atoms with van der Waals surface area (Å²) in [6.45, 7) is 0. The molecule has 2 N–H and O–H groups in total. The second-order valence-corrected chi connectivity index (χ2v) is 7.91. The third kappa shape index (κ3) is 2.75. The number of fused-ring (bicyclic) bond motifs is 1. The van der Waals surface area contributed by atoms with E-state index in [1.54, 1.807) is 18.4 Å². The van der Waals surface area contributed by atoms with Crippen LogP contribution in [0.4, 0.5) is 0 Å². The summed E-state index contributed by atoms with van der Waals surface area (Å²) in [6, 6.07) is 14.1. The molecular formula is C16H13Br2NOS. The van der Waals surface area contributed by atoms with Crippen molar-refractivity contribution in [1.29, 1.82) is 0 Å². The molecule has 0 aliphatic heterocycles. The molecule has 0 amide bonds. The number of hydrogen-bond donors (Lipinski definition) is 1. The topological polar surface area (TPSA) is 35.2 Å². The van der Waals surface area contributed by atoms with Crippen LogP contribution in [-0.2, 0) is 0 Å². The van der Waals surface area contributed by atoms with Crippen molar-refractivity contribution in [3.8, 4) is 5.75 Å². The normalized spacial score (nSPS) is 12.6. The molecule has 1 atom stereocenters. The van der Waals surface area contributed by atoms with E-state index >= 15 is 0 Å². The van der Waals surface area contributed by atoms with Gasteiger partial charge in [-0.2, -0.15) is 0 Å². The molecule has 0 spiro atoms. The summed E-state index contributed by atoms with van der Waals surface area (Å²) < 4.78 is 7.54. The van der Waals surface area contributed by atoms with Gasteiger partial charge in [0.15, 0.2) is 0 Å². The van der Waals surface area contributed by atoms with Crippen LogP contribution in [0.2, 0.25) is 0 Å². The maximum Gasteiger partial charge on any atom is 0.126 e. The van der Waals surface area contributed by atoms with E-state index in [1.165, 1.54) is 0 Å². The van der Waals surface area contributed by atoms with Crippen molar-refractivity contribution < 1.29 is 4.74 Å². The maximum atomic E-state index is 6.48. The van der Waals surface area contributed by atoms with Gasteiger partial charge < -0.3 is 10.5 Å². The van der Waals surface area contributed by atoms with Crippen molar-refractivity contribution >= 4 is 54.0 Å². The van der Waals surface area contributed by atoms with E-state index < -0.39 is 0 Å². The zero-order chi connectivity index (χ0) is 15.0. The Balaban J connectivity index is 2.16. The third-order valence-corrected chi connectivity index (χ3v) is 6.78. The second kappa shape index (κ2) is 6.08. The molecule has 0 aliphatic carbocycles. The lowest BCUT2D eigenvalue weighted by molar-refractivity contribution is 0.419. The number of nitrogens with two attached hydrogens (primary N) is 1. The maximum absolute atomic E-state index is 6.48. The fourth-order valence-corrected chi connectivity index (χ4v) is 4.52. The Morgan fingerprint density at radius 2 is 1.81 bits per heavy atom. The molecular weight excluding hydrogens is 414 g/mol. The number of ether oxygens (including phenoxy) is 1. The molecule has 21 heavy (non-hydrogen) atoms. The van der Waals surface area contributed by atoms with E-state index in [4.69, 9.17) is 10.5 Å². The first-order valence-corrected chi connectivity index (χ1v) is 8.78.